The fourth-order valence-corrected chi connectivity index (χ4v) is 2.80. The van der Waals surface area contributed by atoms with Gasteiger partial charge in [0.05, 0.1) is 12.3 Å². The van der Waals surface area contributed by atoms with Crippen molar-refractivity contribution in [2.24, 2.45) is 5.10 Å². The molecule has 0 atom stereocenters. The highest BCUT2D eigenvalue weighted by molar-refractivity contribution is 6.30. The molecule has 0 spiro atoms. The number of allylic oxidation sites excluding steroid dienone is 1. The van der Waals surface area contributed by atoms with E-state index < -0.39 is 12.0 Å². The van der Waals surface area contributed by atoms with Crippen LogP contribution in [0.15, 0.2) is 42.0 Å². The molecule has 2 rings (SSSR count). The SMILES string of the molecule is C=C(C)c1cc(Oc2c(C)cc(NN=CC(=O)N(C#N)C(=O)OCC)cc2C)ccc1O. The number of ether oxygens (including phenoxy) is 2. The molecule has 0 radical (unpaired) electrons. The maximum Gasteiger partial charge on any atom is 0.430 e. The third-order valence-corrected chi connectivity index (χ3v) is 4.25. The Kier molecular flexibility index (Phi) is 7.96. The number of anilines is 1. The molecule has 0 heterocycles. The molecule has 0 aliphatic heterocycles. The molecule has 2 amide bonds. The van der Waals surface area contributed by atoms with Crippen LogP contribution in [0.4, 0.5) is 10.5 Å². The van der Waals surface area contributed by atoms with E-state index in [1.165, 1.54) is 6.19 Å². The Morgan fingerprint density at radius 2 is 1.94 bits per heavy atom. The number of rotatable bonds is 7. The summed E-state index contributed by atoms with van der Waals surface area (Å²) in [5, 5.41) is 22.7. The summed E-state index contributed by atoms with van der Waals surface area (Å²) in [6, 6.07) is 8.44. The van der Waals surface area contributed by atoms with E-state index in [9.17, 15) is 14.7 Å². The number of imide groups is 1. The number of nitriles is 1. The monoisotopic (exact) mass is 436 g/mol. The maximum absolute atomic E-state index is 11.9. The second-order valence-electron chi connectivity index (χ2n) is 6.84. The van der Waals surface area contributed by atoms with Crippen LogP contribution in [-0.4, -0.2) is 34.8 Å². The zero-order valence-corrected chi connectivity index (χ0v) is 18.3. The summed E-state index contributed by atoms with van der Waals surface area (Å²) in [6.07, 6.45) is 1.20. The molecule has 32 heavy (non-hydrogen) atoms. The minimum absolute atomic E-state index is 0.0330. The zero-order valence-electron chi connectivity index (χ0n) is 18.3. The van der Waals surface area contributed by atoms with Gasteiger partial charge in [-0.15, -0.1) is 4.90 Å². The highest BCUT2D eigenvalue weighted by Crippen LogP contribution is 2.34. The summed E-state index contributed by atoms with van der Waals surface area (Å²) in [5.41, 5.74) is 6.17. The number of nitrogens with zero attached hydrogens (tertiary/aromatic N) is 3. The van der Waals surface area contributed by atoms with Gasteiger partial charge in [-0.25, -0.2) is 4.79 Å². The maximum atomic E-state index is 11.9. The fourth-order valence-electron chi connectivity index (χ4n) is 2.80. The Hall–Kier alpha value is -4.32. The van der Waals surface area contributed by atoms with Crippen LogP contribution < -0.4 is 10.2 Å². The van der Waals surface area contributed by atoms with E-state index in [0.29, 0.717) is 28.3 Å². The molecule has 166 valence electrons. The van der Waals surface area contributed by atoms with Gasteiger partial charge in [-0.2, -0.15) is 10.4 Å². The predicted octanol–water partition coefficient (Wildman–Crippen LogP) is 4.70. The van der Waals surface area contributed by atoms with Gasteiger partial charge in [-0.05, 0) is 74.7 Å². The van der Waals surface area contributed by atoms with Crippen LogP contribution in [0.1, 0.15) is 30.5 Å². The molecule has 0 bridgehead atoms. The third-order valence-electron chi connectivity index (χ3n) is 4.25. The van der Waals surface area contributed by atoms with Crippen LogP contribution in [0.25, 0.3) is 5.57 Å². The molecular formula is C23H24N4O5. The molecule has 0 fully saturated rings. The standard InChI is InChI=1S/C23H24N4O5/c1-6-31-23(30)27(13-24)21(29)12-25-26-17-9-15(4)22(16(5)10-17)32-18-7-8-20(28)19(11-18)14(2)3/h7-12,26,28H,2,6H2,1,3-5H3. The minimum Gasteiger partial charge on any atom is -0.507 e. The van der Waals surface area contributed by atoms with Gasteiger partial charge in [0.2, 0.25) is 0 Å². The summed E-state index contributed by atoms with van der Waals surface area (Å²) in [6.45, 7) is 10.9. The normalized spacial score (nSPS) is 10.3. The van der Waals surface area contributed by atoms with Gasteiger partial charge in [0.25, 0.3) is 5.91 Å². The van der Waals surface area contributed by atoms with Crippen molar-refractivity contribution in [2.75, 3.05) is 12.0 Å². The van der Waals surface area contributed by atoms with Crippen molar-refractivity contribution in [1.82, 2.24) is 4.90 Å². The molecule has 0 unspecified atom stereocenters. The molecule has 0 saturated heterocycles. The number of carbonyl (C=O) groups is 2. The summed E-state index contributed by atoms with van der Waals surface area (Å²) < 4.78 is 10.6. The smallest absolute Gasteiger partial charge is 0.430 e. The average molecular weight is 436 g/mol. The molecule has 0 saturated carbocycles. The third kappa shape index (κ3) is 5.86. The number of nitrogens with one attached hydrogen (secondary N) is 1. The van der Waals surface area contributed by atoms with Gasteiger partial charge in [0, 0.05) is 5.56 Å². The summed E-state index contributed by atoms with van der Waals surface area (Å²) in [5.74, 6) is 0.370. The van der Waals surface area contributed by atoms with Crippen molar-refractivity contribution in [2.45, 2.75) is 27.7 Å². The average Bonchev–Trinajstić information content (AvgIpc) is 2.72. The highest BCUT2D eigenvalue weighted by Gasteiger charge is 2.21. The van der Waals surface area contributed by atoms with Crippen molar-refractivity contribution in [3.8, 4) is 23.4 Å². The van der Waals surface area contributed by atoms with Crippen LogP contribution in [0.3, 0.4) is 0 Å². The van der Waals surface area contributed by atoms with Gasteiger partial charge >= 0.3 is 6.09 Å². The van der Waals surface area contributed by atoms with E-state index in [2.05, 4.69) is 21.8 Å². The number of aromatic hydroxyl groups is 1. The molecule has 2 N–H and O–H groups in total. The van der Waals surface area contributed by atoms with E-state index >= 15 is 0 Å². The second-order valence-corrected chi connectivity index (χ2v) is 6.84. The van der Waals surface area contributed by atoms with E-state index in [4.69, 9.17) is 10.00 Å². The van der Waals surface area contributed by atoms with E-state index in [-0.39, 0.29) is 17.3 Å². The first-order valence-corrected chi connectivity index (χ1v) is 9.65. The molecule has 9 nitrogen and oxygen atoms in total. The Morgan fingerprint density at radius 3 is 2.50 bits per heavy atom. The lowest BCUT2D eigenvalue weighted by Gasteiger charge is -2.15. The number of hydrogen-bond donors (Lipinski definition) is 2. The van der Waals surface area contributed by atoms with Crippen molar-refractivity contribution < 1.29 is 24.2 Å². The number of phenolic OH excluding ortho intramolecular Hbond substituents is 1. The number of hydrazone groups is 1. The largest absolute Gasteiger partial charge is 0.507 e. The number of aryl methyl sites for hydroxylation is 2. The molecule has 2 aromatic rings. The van der Waals surface area contributed by atoms with Gasteiger partial charge in [-0.1, -0.05) is 6.58 Å². The van der Waals surface area contributed by atoms with Crippen LogP contribution in [-0.2, 0) is 9.53 Å². The molecular weight excluding hydrogens is 412 g/mol. The van der Waals surface area contributed by atoms with Gasteiger partial charge in [0.15, 0.2) is 6.19 Å². The number of benzene rings is 2. The fraction of sp³-hybridized carbons (Fsp3) is 0.217. The van der Waals surface area contributed by atoms with E-state index in [1.807, 2.05) is 13.8 Å². The van der Waals surface area contributed by atoms with Crippen molar-refractivity contribution in [3.63, 3.8) is 0 Å². The molecule has 0 aromatic heterocycles. The minimum atomic E-state index is -1.07. The van der Waals surface area contributed by atoms with Crippen LogP contribution in [0.2, 0.25) is 0 Å². The van der Waals surface area contributed by atoms with E-state index in [1.54, 1.807) is 44.2 Å². The van der Waals surface area contributed by atoms with Crippen LogP contribution in [0, 0.1) is 25.3 Å². The van der Waals surface area contributed by atoms with Crippen molar-refractivity contribution >= 4 is 29.5 Å². The summed E-state index contributed by atoms with van der Waals surface area (Å²) in [4.78, 5) is 23.8. The van der Waals surface area contributed by atoms with Crippen molar-refractivity contribution in [1.29, 1.82) is 5.26 Å². The van der Waals surface area contributed by atoms with Gasteiger partial charge in [0.1, 0.15) is 23.5 Å². The predicted molar refractivity (Wildman–Crippen MR) is 120 cm³/mol. The molecule has 9 heteroatoms. The first kappa shape index (κ1) is 24.0. The van der Waals surface area contributed by atoms with Gasteiger partial charge < -0.3 is 14.6 Å². The Morgan fingerprint density at radius 1 is 1.28 bits per heavy atom. The molecule has 0 aliphatic rings. The highest BCUT2D eigenvalue weighted by atomic mass is 16.6. The Bertz CT molecular complexity index is 1090. The lowest BCUT2D eigenvalue weighted by Crippen LogP contribution is -2.34. The quantitative estimate of drug-likeness (QED) is 0.279. The van der Waals surface area contributed by atoms with Crippen LogP contribution >= 0.6 is 0 Å². The number of hydrogen-bond acceptors (Lipinski definition) is 8. The number of carbonyl (C=O) groups excluding carboxylic acids is 2. The van der Waals surface area contributed by atoms with Crippen molar-refractivity contribution in [3.05, 3.63) is 53.6 Å². The first-order chi connectivity index (χ1) is 15.2. The van der Waals surface area contributed by atoms with Crippen LogP contribution in [0.5, 0.6) is 17.2 Å². The zero-order chi connectivity index (χ0) is 23.8. The van der Waals surface area contributed by atoms with E-state index in [0.717, 1.165) is 17.3 Å². The first-order valence-electron chi connectivity index (χ1n) is 9.65. The second kappa shape index (κ2) is 10.6. The number of amides is 2. The summed E-state index contributed by atoms with van der Waals surface area (Å²) in [7, 11) is 0. The van der Waals surface area contributed by atoms with Gasteiger partial charge in [-0.3, -0.25) is 10.2 Å². The lowest BCUT2D eigenvalue weighted by molar-refractivity contribution is -0.119. The summed E-state index contributed by atoms with van der Waals surface area (Å²) >= 11 is 0. The Labute approximate surface area is 186 Å². The number of phenols is 1. The molecule has 0 aliphatic carbocycles. The molecule has 2 aromatic carbocycles. The lowest BCUT2D eigenvalue weighted by atomic mass is 10.1. The Balaban J connectivity index is 2.14. The topological polar surface area (TPSA) is 124 Å².